The van der Waals surface area contributed by atoms with Gasteiger partial charge in [-0.3, -0.25) is 14.6 Å². The number of amides is 1. The van der Waals surface area contributed by atoms with Crippen molar-refractivity contribution >= 4 is 34.4 Å². The predicted octanol–water partition coefficient (Wildman–Crippen LogP) is 4.13. The van der Waals surface area contributed by atoms with Gasteiger partial charge in [-0.25, -0.2) is 4.68 Å². The van der Waals surface area contributed by atoms with Crippen LogP contribution in [0.15, 0.2) is 59.5 Å². The lowest BCUT2D eigenvalue weighted by Gasteiger charge is -2.10. The highest BCUT2D eigenvalue weighted by Gasteiger charge is 2.17. The maximum atomic E-state index is 12.9. The number of carbonyl (C=O) groups excluding carboxylic acids is 1. The Labute approximate surface area is 199 Å². The van der Waals surface area contributed by atoms with Crippen LogP contribution in [0.4, 0.5) is 5.82 Å². The molecule has 0 fully saturated rings. The summed E-state index contributed by atoms with van der Waals surface area (Å²) in [6.45, 7) is 5.66. The van der Waals surface area contributed by atoms with Gasteiger partial charge < -0.3 is 5.32 Å². The summed E-state index contributed by atoms with van der Waals surface area (Å²) in [4.78, 5) is 33.1. The number of hydrogen-bond acceptors (Lipinski definition) is 5. The average molecular weight is 474 g/mol. The summed E-state index contributed by atoms with van der Waals surface area (Å²) in [5.74, 6) is 0.237. The van der Waals surface area contributed by atoms with Gasteiger partial charge in [0.05, 0.1) is 17.6 Å². The quantitative estimate of drug-likeness (QED) is 0.408. The minimum Gasteiger partial charge on any atom is -0.306 e. The first-order valence-electron chi connectivity index (χ1n) is 10.5. The van der Waals surface area contributed by atoms with E-state index in [2.05, 4.69) is 25.5 Å². The molecule has 3 heterocycles. The molecule has 0 aliphatic rings. The van der Waals surface area contributed by atoms with Crippen molar-refractivity contribution in [3.8, 4) is 11.6 Å². The number of aryl methyl sites for hydroxylation is 3. The van der Waals surface area contributed by atoms with E-state index in [-0.39, 0.29) is 17.4 Å². The Morgan fingerprint density at radius 1 is 1.00 bits per heavy atom. The third-order valence-corrected chi connectivity index (χ3v) is 5.51. The zero-order chi connectivity index (χ0) is 24.0. The summed E-state index contributed by atoms with van der Waals surface area (Å²) in [5.41, 5.74) is 3.82. The van der Waals surface area contributed by atoms with Gasteiger partial charge >= 0.3 is 0 Å². The zero-order valence-corrected chi connectivity index (χ0v) is 19.4. The highest BCUT2D eigenvalue weighted by Crippen LogP contribution is 2.20. The molecule has 170 valence electrons. The Morgan fingerprint density at radius 2 is 1.71 bits per heavy atom. The van der Waals surface area contributed by atoms with Crippen molar-refractivity contribution in [3.05, 3.63) is 92.5 Å². The maximum Gasteiger partial charge on any atom is 0.263 e. The number of carbonyl (C=O) groups is 1. The van der Waals surface area contributed by atoms with E-state index < -0.39 is 0 Å². The molecular formula is C24H20ClN7O2. The van der Waals surface area contributed by atoms with E-state index in [0.717, 1.165) is 11.1 Å². The van der Waals surface area contributed by atoms with Crippen LogP contribution in [0.5, 0.6) is 0 Å². The van der Waals surface area contributed by atoms with E-state index in [1.807, 2.05) is 32.0 Å². The average Bonchev–Trinajstić information content (AvgIpc) is 3.37. The number of aromatic amines is 1. The van der Waals surface area contributed by atoms with Gasteiger partial charge in [0.15, 0.2) is 5.65 Å². The summed E-state index contributed by atoms with van der Waals surface area (Å²) in [6, 6.07) is 14.4. The Balaban J connectivity index is 1.58. The molecule has 0 bridgehead atoms. The number of halogens is 1. The van der Waals surface area contributed by atoms with Crippen LogP contribution in [-0.2, 0) is 0 Å². The molecule has 0 spiro atoms. The SMILES string of the molecule is Cc1cc(C)cc(C(=O)Nc2cc(C)nn2-c2nc3c(cnn3-c3ccc(Cl)cc3)c(=O)[nH]2)c1. The smallest absolute Gasteiger partial charge is 0.263 e. The standard InChI is InChI=1S/C24H20ClN7O2/c1-13-8-14(2)10-16(9-13)22(33)27-20-11-15(3)30-32(20)24-28-21-19(23(34)29-24)12-26-31(21)18-6-4-17(25)5-7-18/h4-12H,1-3H3,(H,27,33)(H,28,29,34). The number of H-pyrrole nitrogens is 1. The molecule has 2 aromatic carbocycles. The van der Waals surface area contributed by atoms with Crippen LogP contribution in [0.2, 0.25) is 5.02 Å². The van der Waals surface area contributed by atoms with Crippen molar-refractivity contribution in [1.29, 1.82) is 0 Å². The van der Waals surface area contributed by atoms with Gasteiger partial charge in [0.25, 0.3) is 11.5 Å². The molecule has 5 aromatic rings. The summed E-state index contributed by atoms with van der Waals surface area (Å²) >= 11 is 6.00. The molecular weight excluding hydrogens is 454 g/mol. The fraction of sp³-hybridized carbons (Fsp3) is 0.125. The molecule has 0 atom stereocenters. The van der Waals surface area contributed by atoms with Gasteiger partial charge in [0, 0.05) is 16.7 Å². The number of hydrogen-bond donors (Lipinski definition) is 2. The van der Waals surface area contributed by atoms with Gasteiger partial charge in [-0.2, -0.15) is 19.9 Å². The molecule has 0 saturated carbocycles. The van der Waals surface area contributed by atoms with Crippen molar-refractivity contribution in [2.75, 3.05) is 5.32 Å². The van der Waals surface area contributed by atoms with E-state index in [1.165, 1.54) is 10.9 Å². The number of nitrogens with zero attached hydrogens (tertiary/aromatic N) is 5. The highest BCUT2D eigenvalue weighted by atomic mass is 35.5. The summed E-state index contributed by atoms with van der Waals surface area (Å²) < 4.78 is 2.95. The number of aromatic nitrogens is 6. The molecule has 0 aliphatic heterocycles. The molecule has 0 saturated heterocycles. The van der Waals surface area contributed by atoms with Crippen molar-refractivity contribution < 1.29 is 4.79 Å². The predicted molar refractivity (Wildman–Crippen MR) is 130 cm³/mol. The number of nitrogens with one attached hydrogen (secondary N) is 2. The van der Waals surface area contributed by atoms with Crippen LogP contribution in [0.25, 0.3) is 22.7 Å². The molecule has 0 radical (unpaired) electrons. The molecule has 1 amide bonds. The van der Waals surface area contributed by atoms with Crippen LogP contribution >= 0.6 is 11.6 Å². The van der Waals surface area contributed by atoms with Gasteiger partial charge in [0.2, 0.25) is 5.95 Å². The Bertz CT molecular complexity index is 1590. The molecule has 10 heteroatoms. The Kier molecular flexibility index (Phi) is 5.25. The molecule has 5 rings (SSSR count). The topological polar surface area (TPSA) is 110 Å². The summed E-state index contributed by atoms with van der Waals surface area (Å²) in [6.07, 6.45) is 1.46. The van der Waals surface area contributed by atoms with Crippen LogP contribution in [-0.4, -0.2) is 35.4 Å². The van der Waals surface area contributed by atoms with Crippen LogP contribution in [0.3, 0.4) is 0 Å². The monoisotopic (exact) mass is 473 g/mol. The fourth-order valence-corrected chi connectivity index (χ4v) is 3.95. The minimum atomic E-state index is -0.375. The van der Waals surface area contributed by atoms with E-state index in [4.69, 9.17) is 11.6 Å². The number of benzene rings is 2. The number of anilines is 1. The van der Waals surface area contributed by atoms with Gasteiger partial charge in [0.1, 0.15) is 11.2 Å². The first-order chi connectivity index (χ1) is 16.3. The van der Waals surface area contributed by atoms with Crippen molar-refractivity contribution in [3.63, 3.8) is 0 Å². The summed E-state index contributed by atoms with van der Waals surface area (Å²) in [5, 5.41) is 12.5. The maximum absolute atomic E-state index is 12.9. The molecule has 34 heavy (non-hydrogen) atoms. The third-order valence-electron chi connectivity index (χ3n) is 5.25. The largest absolute Gasteiger partial charge is 0.306 e. The van der Waals surface area contributed by atoms with Crippen molar-refractivity contribution in [1.82, 2.24) is 29.5 Å². The summed E-state index contributed by atoms with van der Waals surface area (Å²) in [7, 11) is 0. The molecule has 9 nitrogen and oxygen atoms in total. The fourth-order valence-electron chi connectivity index (χ4n) is 3.82. The van der Waals surface area contributed by atoms with Crippen LogP contribution in [0.1, 0.15) is 27.2 Å². The van der Waals surface area contributed by atoms with E-state index in [0.29, 0.717) is 38.8 Å². The second kappa shape index (κ2) is 8.27. The molecule has 0 unspecified atom stereocenters. The second-order valence-corrected chi connectivity index (χ2v) is 8.51. The van der Waals surface area contributed by atoms with E-state index in [1.54, 1.807) is 41.9 Å². The van der Waals surface area contributed by atoms with Crippen molar-refractivity contribution in [2.24, 2.45) is 0 Å². The lowest BCUT2D eigenvalue weighted by atomic mass is 10.1. The molecule has 0 aliphatic carbocycles. The van der Waals surface area contributed by atoms with Crippen molar-refractivity contribution in [2.45, 2.75) is 20.8 Å². The first kappa shape index (κ1) is 21.6. The van der Waals surface area contributed by atoms with Gasteiger partial charge in [-0.1, -0.05) is 28.8 Å². The molecule has 3 aromatic heterocycles. The normalized spacial score (nSPS) is 11.2. The van der Waals surface area contributed by atoms with Gasteiger partial charge in [-0.15, -0.1) is 0 Å². The Hall–Kier alpha value is -4.24. The Morgan fingerprint density at radius 3 is 2.41 bits per heavy atom. The second-order valence-electron chi connectivity index (χ2n) is 8.07. The van der Waals surface area contributed by atoms with Gasteiger partial charge in [-0.05, 0) is 57.2 Å². The number of fused-ring (bicyclic) bond motifs is 1. The molecule has 2 N–H and O–H groups in total. The van der Waals surface area contributed by atoms with E-state index in [9.17, 15) is 9.59 Å². The van der Waals surface area contributed by atoms with Crippen LogP contribution in [0, 0.1) is 20.8 Å². The lowest BCUT2D eigenvalue weighted by Crippen LogP contribution is -2.19. The van der Waals surface area contributed by atoms with E-state index >= 15 is 0 Å². The zero-order valence-electron chi connectivity index (χ0n) is 18.6. The lowest BCUT2D eigenvalue weighted by molar-refractivity contribution is 0.102. The minimum absolute atomic E-state index is 0.150. The first-order valence-corrected chi connectivity index (χ1v) is 10.9. The van der Waals surface area contributed by atoms with Crippen LogP contribution < -0.4 is 10.9 Å². The highest BCUT2D eigenvalue weighted by molar-refractivity contribution is 6.30. The number of rotatable bonds is 4. The third kappa shape index (κ3) is 3.97.